The van der Waals surface area contributed by atoms with Crippen molar-refractivity contribution < 1.29 is 31.4 Å². The van der Waals surface area contributed by atoms with E-state index < -0.39 is 35.1 Å². The quantitative estimate of drug-likeness (QED) is 0.810. The number of alkyl halides is 6. The van der Waals surface area contributed by atoms with Crippen molar-refractivity contribution in [3.05, 3.63) is 41.0 Å². The van der Waals surface area contributed by atoms with Crippen LogP contribution in [0.5, 0.6) is 0 Å². The minimum atomic E-state index is -4.90. The highest BCUT2D eigenvalue weighted by atomic mass is 19.4. The van der Waals surface area contributed by atoms with Crippen molar-refractivity contribution >= 4 is 6.08 Å². The summed E-state index contributed by atoms with van der Waals surface area (Å²) in [6.07, 6.45) is -8.75. The molecule has 0 aliphatic carbocycles. The van der Waals surface area contributed by atoms with Gasteiger partial charge in [0.25, 0.3) is 0 Å². The fourth-order valence-corrected chi connectivity index (χ4v) is 1.37. The first-order valence-corrected chi connectivity index (χ1v) is 5.16. The van der Waals surface area contributed by atoms with Gasteiger partial charge >= 0.3 is 12.4 Å². The lowest BCUT2D eigenvalue weighted by Gasteiger charge is -2.14. The van der Waals surface area contributed by atoms with Crippen LogP contribution in [0.25, 0.3) is 6.08 Å². The molecule has 0 aliphatic heterocycles. The number of hydrogen-bond acceptors (Lipinski definition) is 1. The average molecular weight is 284 g/mol. The second-order valence-electron chi connectivity index (χ2n) is 3.90. The van der Waals surface area contributed by atoms with E-state index in [9.17, 15) is 26.3 Å². The van der Waals surface area contributed by atoms with Gasteiger partial charge < -0.3 is 5.11 Å². The topological polar surface area (TPSA) is 20.2 Å². The third-order valence-electron chi connectivity index (χ3n) is 2.24. The van der Waals surface area contributed by atoms with Crippen LogP contribution in [0.4, 0.5) is 26.3 Å². The van der Waals surface area contributed by atoms with Gasteiger partial charge in [-0.15, -0.1) is 0 Å². The number of aliphatic hydroxyl groups excluding tert-OH is 1. The molecule has 0 aromatic heterocycles. The molecule has 106 valence electrons. The number of aliphatic hydroxyl groups is 1. The van der Waals surface area contributed by atoms with Gasteiger partial charge in [-0.3, -0.25) is 0 Å². The molecule has 0 aliphatic rings. The molecule has 1 aromatic rings. The van der Waals surface area contributed by atoms with Crippen molar-refractivity contribution in [2.45, 2.75) is 25.4 Å². The molecule has 7 heteroatoms. The van der Waals surface area contributed by atoms with E-state index in [2.05, 4.69) is 0 Å². The van der Waals surface area contributed by atoms with Crippen LogP contribution < -0.4 is 0 Å². The molecule has 1 unspecified atom stereocenters. The SMILES string of the molecule is CC(O)/C=C/c1ccc(C(F)(F)F)cc1C(F)(F)F. The lowest BCUT2D eigenvalue weighted by molar-refractivity contribution is -0.143. The highest BCUT2D eigenvalue weighted by molar-refractivity contribution is 5.56. The third kappa shape index (κ3) is 4.27. The van der Waals surface area contributed by atoms with Crippen LogP contribution in [0, 0.1) is 0 Å². The van der Waals surface area contributed by atoms with Crippen LogP contribution in [0.15, 0.2) is 24.3 Å². The Bertz CT molecular complexity index is 470. The van der Waals surface area contributed by atoms with Crippen LogP contribution in [0.3, 0.4) is 0 Å². The van der Waals surface area contributed by atoms with Crippen LogP contribution in [0.2, 0.25) is 0 Å². The van der Waals surface area contributed by atoms with Crippen molar-refractivity contribution in [3.8, 4) is 0 Å². The van der Waals surface area contributed by atoms with E-state index >= 15 is 0 Å². The summed E-state index contributed by atoms with van der Waals surface area (Å²) in [6, 6.07) is 1.35. The summed E-state index contributed by atoms with van der Waals surface area (Å²) >= 11 is 0. The molecule has 0 saturated heterocycles. The fourth-order valence-electron chi connectivity index (χ4n) is 1.37. The predicted molar refractivity (Wildman–Crippen MR) is 57.2 cm³/mol. The first-order valence-electron chi connectivity index (χ1n) is 5.16. The first kappa shape index (κ1) is 15.6. The predicted octanol–water partition coefficient (Wildman–Crippen LogP) is 4.12. The molecule has 1 aromatic carbocycles. The van der Waals surface area contributed by atoms with Crippen LogP contribution >= 0.6 is 0 Å². The van der Waals surface area contributed by atoms with Gasteiger partial charge in [-0.25, -0.2) is 0 Å². The molecule has 1 atom stereocenters. The first-order chi connectivity index (χ1) is 8.51. The second-order valence-corrected chi connectivity index (χ2v) is 3.90. The summed E-state index contributed by atoms with van der Waals surface area (Å²) in [5, 5.41) is 8.94. The molecular formula is C12H10F6O. The molecule has 0 heterocycles. The van der Waals surface area contributed by atoms with Gasteiger partial charge in [0, 0.05) is 0 Å². The molecule has 0 amide bonds. The highest BCUT2D eigenvalue weighted by Crippen LogP contribution is 2.37. The molecule has 1 N–H and O–H groups in total. The minimum Gasteiger partial charge on any atom is -0.389 e. The molecule has 1 nitrogen and oxygen atoms in total. The van der Waals surface area contributed by atoms with E-state index in [1.54, 1.807) is 0 Å². The zero-order chi connectivity index (χ0) is 14.8. The summed E-state index contributed by atoms with van der Waals surface area (Å²) in [6.45, 7) is 1.31. The zero-order valence-electron chi connectivity index (χ0n) is 9.68. The Kier molecular flexibility index (Phi) is 4.29. The molecule has 0 fully saturated rings. The zero-order valence-corrected chi connectivity index (χ0v) is 9.68. The van der Waals surface area contributed by atoms with Gasteiger partial charge in [0.05, 0.1) is 17.2 Å². The Balaban J connectivity index is 3.34. The van der Waals surface area contributed by atoms with E-state index in [1.165, 1.54) is 6.92 Å². The van der Waals surface area contributed by atoms with Crippen LogP contribution in [-0.4, -0.2) is 11.2 Å². The van der Waals surface area contributed by atoms with Gasteiger partial charge in [0.1, 0.15) is 0 Å². The maximum atomic E-state index is 12.7. The van der Waals surface area contributed by atoms with Gasteiger partial charge in [-0.2, -0.15) is 26.3 Å². The number of rotatable bonds is 2. The number of hydrogen-bond donors (Lipinski definition) is 1. The molecule has 0 radical (unpaired) electrons. The summed E-state index contributed by atoms with van der Waals surface area (Å²) in [5.74, 6) is 0. The van der Waals surface area contributed by atoms with E-state index in [4.69, 9.17) is 5.11 Å². The van der Waals surface area contributed by atoms with Crippen molar-refractivity contribution in [1.82, 2.24) is 0 Å². The van der Waals surface area contributed by atoms with E-state index in [0.29, 0.717) is 6.07 Å². The van der Waals surface area contributed by atoms with Gasteiger partial charge in [-0.1, -0.05) is 18.2 Å². The second kappa shape index (κ2) is 5.24. The molecule has 0 spiro atoms. The Morgan fingerprint density at radius 2 is 1.63 bits per heavy atom. The summed E-state index contributed by atoms with van der Waals surface area (Å²) in [5.41, 5.74) is -3.19. The van der Waals surface area contributed by atoms with Crippen molar-refractivity contribution in [1.29, 1.82) is 0 Å². The summed E-state index contributed by atoms with van der Waals surface area (Å²) < 4.78 is 75.2. The Morgan fingerprint density at radius 1 is 1.05 bits per heavy atom. The largest absolute Gasteiger partial charge is 0.417 e. The molecule has 1 rings (SSSR count). The van der Waals surface area contributed by atoms with Crippen molar-refractivity contribution in [3.63, 3.8) is 0 Å². The number of halogens is 6. The monoisotopic (exact) mass is 284 g/mol. The molecule has 0 bridgehead atoms. The standard InChI is InChI=1S/C12H10F6O/c1-7(19)2-3-8-4-5-9(11(13,14)15)6-10(8)12(16,17)18/h2-7,19H,1H3/b3-2+. The molecule has 0 saturated carbocycles. The summed E-state index contributed by atoms with van der Waals surface area (Å²) in [4.78, 5) is 0. The van der Waals surface area contributed by atoms with Crippen molar-refractivity contribution in [2.24, 2.45) is 0 Å². The van der Waals surface area contributed by atoms with Crippen LogP contribution in [-0.2, 0) is 12.4 Å². The van der Waals surface area contributed by atoms with E-state index in [-0.39, 0.29) is 6.07 Å². The van der Waals surface area contributed by atoms with Gasteiger partial charge in [0.15, 0.2) is 0 Å². The normalized spacial score (nSPS) is 14.9. The molecule has 19 heavy (non-hydrogen) atoms. The van der Waals surface area contributed by atoms with Gasteiger partial charge in [-0.05, 0) is 24.6 Å². The van der Waals surface area contributed by atoms with Gasteiger partial charge in [0.2, 0.25) is 0 Å². The Labute approximate surface area is 105 Å². The Morgan fingerprint density at radius 3 is 2.05 bits per heavy atom. The number of benzene rings is 1. The maximum Gasteiger partial charge on any atom is 0.417 e. The summed E-state index contributed by atoms with van der Waals surface area (Å²) in [7, 11) is 0. The van der Waals surface area contributed by atoms with E-state index in [0.717, 1.165) is 18.2 Å². The minimum absolute atomic E-state index is 0.0573. The van der Waals surface area contributed by atoms with E-state index in [1.807, 2.05) is 0 Å². The van der Waals surface area contributed by atoms with Crippen LogP contribution in [0.1, 0.15) is 23.6 Å². The molecular weight excluding hydrogens is 274 g/mol. The average Bonchev–Trinajstić information content (AvgIpc) is 2.23. The lowest BCUT2D eigenvalue weighted by Crippen LogP contribution is -2.12. The van der Waals surface area contributed by atoms with Crippen molar-refractivity contribution in [2.75, 3.05) is 0 Å². The highest BCUT2D eigenvalue weighted by Gasteiger charge is 2.37. The smallest absolute Gasteiger partial charge is 0.389 e. The third-order valence-corrected chi connectivity index (χ3v) is 2.24. The maximum absolute atomic E-state index is 12.7. The Hall–Kier alpha value is -1.50. The lowest BCUT2D eigenvalue weighted by atomic mass is 10.0. The fraction of sp³-hybridized carbons (Fsp3) is 0.333.